The number of carbonyl (C=O) groups is 2. The number of carbonyl (C=O) groups excluding carboxylic acids is 2. The number of unbranched alkanes of at least 4 members (excludes halogenated alkanes) is 44. The number of phosphoric ester groups is 1. The van der Waals surface area contributed by atoms with E-state index in [4.69, 9.17) is 13.8 Å². The van der Waals surface area contributed by atoms with Crippen molar-refractivity contribution in [2.24, 2.45) is 0 Å². The summed E-state index contributed by atoms with van der Waals surface area (Å²) < 4.78 is 30.5. The van der Waals surface area contributed by atoms with E-state index in [0.29, 0.717) is 17.4 Å². The maximum absolute atomic E-state index is 13.6. The van der Waals surface area contributed by atoms with Crippen LogP contribution in [0.2, 0.25) is 0 Å². The Morgan fingerprint density at radius 2 is 0.735 bits per heavy atom. The number of hydrogen-bond acceptors (Lipinski definition) is 7. The van der Waals surface area contributed by atoms with Gasteiger partial charge in [-0.3, -0.25) is 14.2 Å². The summed E-state index contributed by atoms with van der Waals surface area (Å²) in [6, 6.07) is -0.886. The second-order valence-corrected chi connectivity index (χ2v) is 27.2. The van der Waals surface area contributed by atoms with Crippen LogP contribution in [0.1, 0.15) is 355 Å². The first-order chi connectivity index (χ1) is 40.4. The molecule has 3 atom stereocenters. The highest BCUT2D eigenvalue weighted by Crippen LogP contribution is 2.38. The molecule has 0 aromatic carbocycles. The largest absolute Gasteiger partial charge is 0.756 e. The van der Waals surface area contributed by atoms with Gasteiger partial charge >= 0.3 is 5.97 Å². The minimum absolute atomic E-state index is 0.0199. The molecule has 0 aliphatic carbocycles. The fourth-order valence-corrected chi connectivity index (χ4v) is 11.4. The monoisotopic (exact) mass is 1190 g/mol. The molecule has 1 amide bonds. The Bertz CT molecular complexity index is 1560. The number of hydrogen-bond donors (Lipinski definition) is 1. The Kier molecular flexibility index (Phi) is 61.5. The molecule has 83 heavy (non-hydrogen) atoms. The third kappa shape index (κ3) is 64.3. The molecule has 488 valence electrons. The van der Waals surface area contributed by atoms with Gasteiger partial charge in [0, 0.05) is 12.8 Å². The quantitative estimate of drug-likeness (QED) is 0.0212. The second-order valence-electron chi connectivity index (χ2n) is 25.7. The molecular formula is C73H139N2O7P. The minimum atomic E-state index is -4.70. The summed E-state index contributed by atoms with van der Waals surface area (Å²) in [6.07, 6.45) is 79.4. The number of quaternary nitrogens is 1. The van der Waals surface area contributed by atoms with Crippen LogP contribution in [-0.4, -0.2) is 69.4 Å². The Labute approximate surface area is 516 Å². The van der Waals surface area contributed by atoms with Gasteiger partial charge in [-0.25, -0.2) is 0 Å². The third-order valence-electron chi connectivity index (χ3n) is 16.3. The van der Waals surface area contributed by atoms with E-state index in [2.05, 4.69) is 62.5 Å². The van der Waals surface area contributed by atoms with E-state index >= 15 is 0 Å². The Hall–Kier alpha value is -2.03. The number of ether oxygens (including phenoxy) is 1. The number of allylic oxidation sites excluding steroid dienone is 7. The third-order valence-corrected chi connectivity index (χ3v) is 17.2. The van der Waals surface area contributed by atoms with Gasteiger partial charge in [0.25, 0.3) is 7.82 Å². The molecule has 3 unspecified atom stereocenters. The maximum atomic E-state index is 13.6. The van der Waals surface area contributed by atoms with Crippen LogP contribution in [0, 0.1) is 0 Å². The van der Waals surface area contributed by atoms with Gasteiger partial charge in [-0.05, 0) is 70.3 Å². The SMILES string of the molecule is CCCCC/C=C\C/C=C\C/C=C\CCCCCCCCCCCCCCCCC(=O)OC(/C=C/CCCCCCCCCCCCC)C(COP(=O)([O-])OCC[N+](C)(C)C)NC(=O)CCCCCCCCCCCCCCCCCCC. The summed E-state index contributed by atoms with van der Waals surface area (Å²) in [5.41, 5.74) is 0. The average molecular weight is 1190 g/mol. The van der Waals surface area contributed by atoms with E-state index in [1.54, 1.807) is 0 Å². The van der Waals surface area contributed by atoms with Crippen molar-refractivity contribution in [2.45, 2.75) is 367 Å². The number of nitrogens with zero attached hydrogens (tertiary/aromatic N) is 1. The smallest absolute Gasteiger partial charge is 0.306 e. The molecule has 0 bridgehead atoms. The fraction of sp³-hybridized carbons (Fsp3) is 0.863. The molecule has 0 aromatic heterocycles. The Morgan fingerprint density at radius 3 is 1.12 bits per heavy atom. The van der Waals surface area contributed by atoms with E-state index in [-0.39, 0.29) is 31.5 Å². The number of amides is 1. The van der Waals surface area contributed by atoms with Gasteiger partial charge in [-0.2, -0.15) is 0 Å². The molecule has 0 fully saturated rings. The van der Waals surface area contributed by atoms with E-state index in [1.807, 2.05) is 33.3 Å². The molecule has 10 heteroatoms. The summed E-state index contributed by atoms with van der Waals surface area (Å²) in [6.45, 7) is 6.87. The molecule has 0 saturated carbocycles. The van der Waals surface area contributed by atoms with Gasteiger partial charge in [-0.1, -0.05) is 320 Å². The summed E-state index contributed by atoms with van der Waals surface area (Å²) in [5, 5.41) is 3.05. The van der Waals surface area contributed by atoms with Crippen LogP contribution in [0.5, 0.6) is 0 Å². The number of rotatable bonds is 66. The highest BCUT2D eigenvalue weighted by molar-refractivity contribution is 7.45. The highest BCUT2D eigenvalue weighted by atomic mass is 31.2. The first-order valence-corrected chi connectivity index (χ1v) is 37.4. The zero-order valence-electron chi connectivity index (χ0n) is 55.9. The predicted molar refractivity (Wildman–Crippen MR) is 358 cm³/mol. The predicted octanol–water partition coefficient (Wildman–Crippen LogP) is 22.2. The lowest BCUT2D eigenvalue weighted by Gasteiger charge is -2.30. The van der Waals surface area contributed by atoms with Crippen LogP contribution < -0.4 is 10.2 Å². The van der Waals surface area contributed by atoms with Gasteiger partial charge in [-0.15, -0.1) is 0 Å². The molecule has 0 saturated heterocycles. The zero-order valence-corrected chi connectivity index (χ0v) is 56.8. The lowest BCUT2D eigenvalue weighted by molar-refractivity contribution is -0.870. The molecule has 0 rings (SSSR count). The van der Waals surface area contributed by atoms with Crippen molar-refractivity contribution in [3.63, 3.8) is 0 Å². The fourth-order valence-electron chi connectivity index (χ4n) is 10.7. The number of phosphoric acid groups is 1. The molecule has 0 aliphatic rings. The van der Waals surface area contributed by atoms with Crippen LogP contribution >= 0.6 is 7.82 Å². The number of esters is 1. The van der Waals surface area contributed by atoms with E-state index in [9.17, 15) is 19.0 Å². The molecule has 0 aliphatic heterocycles. The van der Waals surface area contributed by atoms with Gasteiger partial charge in [0.2, 0.25) is 5.91 Å². The van der Waals surface area contributed by atoms with Crippen LogP contribution in [0.15, 0.2) is 48.6 Å². The topological polar surface area (TPSA) is 114 Å². The molecule has 0 heterocycles. The molecule has 0 aromatic rings. The first kappa shape index (κ1) is 81.0. The normalized spacial score (nSPS) is 13.8. The van der Waals surface area contributed by atoms with E-state index < -0.39 is 20.0 Å². The average Bonchev–Trinajstić information content (AvgIpc) is 3.47. The first-order valence-electron chi connectivity index (χ1n) is 35.9. The number of nitrogens with one attached hydrogen (secondary N) is 1. The Morgan fingerprint density at radius 1 is 0.422 bits per heavy atom. The van der Waals surface area contributed by atoms with E-state index in [1.165, 1.54) is 250 Å². The lowest BCUT2D eigenvalue weighted by Crippen LogP contribution is -2.47. The van der Waals surface area contributed by atoms with Crippen LogP contribution in [-0.2, 0) is 27.9 Å². The van der Waals surface area contributed by atoms with Crippen LogP contribution in [0.25, 0.3) is 0 Å². The van der Waals surface area contributed by atoms with Crippen molar-refractivity contribution in [1.82, 2.24) is 5.32 Å². The maximum Gasteiger partial charge on any atom is 0.306 e. The Balaban J connectivity index is 5.03. The van der Waals surface area contributed by atoms with Crippen LogP contribution in [0.4, 0.5) is 0 Å². The summed E-state index contributed by atoms with van der Waals surface area (Å²) >= 11 is 0. The minimum Gasteiger partial charge on any atom is -0.756 e. The van der Waals surface area contributed by atoms with Gasteiger partial charge in [0.15, 0.2) is 0 Å². The van der Waals surface area contributed by atoms with Crippen molar-refractivity contribution in [3.05, 3.63) is 48.6 Å². The summed E-state index contributed by atoms with van der Waals surface area (Å²) in [7, 11) is 1.20. The molecular weight excluding hydrogens is 1050 g/mol. The molecule has 0 radical (unpaired) electrons. The van der Waals surface area contributed by atoms with Crippen molar-refractivity contribution in [3.8, 4) is 0 Å². The zero-order chi connectivity index (χ0) is 60.7. The van der Waals surface area contributed by atoms with Crippen molar-refractivity contribution in [2.75, 3.05) is 40.9 Å². The summed E-state index contributed by atoms with van der Waals surface area (Å²) in [4.78, 5) is 40.2. The van der Waals surface area contributed by atoms with Gasteiger partial charge in [0.05, 0.1) is 33.8 Å². The van der Waals surface area contributed by atoms with Gasteiger partial charge < -0.3 is 28.5 Å². The van der Waals surface area contributed by atoms with Crippen molar-refractivity contribution in [1.29, 1.82) is 0 Å². The standard InChI is InChI=1S/C73H139N2O7P/c1-7-10-13-16-19-22-25-28-30-32-33-34-35-36-37-38-39-40-41-43-45-48-51-54-57-60-63-66-73(77)82-71(64-61-58-55-52-49-46-27-24-21-18-15-12-9-3)70(69-81-83(78,79)80-68-67-75(4,5)6)74-72(76)65-62-59-56-53-50-47-44-42-31-29-26-23-20-17-14-11-8-2/h19,22,28,30,33-34,61,64,70-71H,7-18,20-21,23-27,29,31-32,35-60,62-63,65-69H2,1-6H3,(H-,74,76,78,79)/b22-19-,30-28-,34-33-,64-61+. The van der Waals surface area contributed by atoms with Gasteiger partial charge in [0.1, 0.15) is 19.3 Å². The lowest BCUT2D eigenvalue weighted by atomic mass is 10.0. The van der Waals surface area contributed by atoms with Crippen molar-refractivity contribution < 1.29 is 37.3 Å². The van der Waals surface area contributed by atoms with Crippen LogP contribution in [0.3, 0.4) is 0 Å². The summed E-state index contributed by atoms with van der Waals surface area (Å²) in [5.74, 6) is -0.523. The second kappa shape index (κ2) is 63.0. The highest BCUT2D eigenvalue weighted by Gasteiger charge is 2.27. The van der Waals surface area contributed by atoms with E-state index in [0.717, 1.165) is 70.6 Å². The molecule has 0 spiro atoms. The number of likely N-dealkylation sites (N-methyl/N-ethyl adjacent to an activating group) is 1. The molecule has 1 N–H and O–H groups in total. The van der Waals surface area contributed by atoms with Crippen molar-refractivity contribution >= 4 is 19.7 Å². The molecule has 9 nitrogen and oxygen atoms in total.